The zero-order chi connectivity index (χ0) is 17.6. The van der Waals surface area contributed by atoms with Gasteiger partial charge in [-0.15, -0.1) is 0 Å². The van der Waals surface area contributed by atoms with Crippen molar-refractivity contribution in [2.24, 2.45) is 4.99 Å². The third kappa shape index (κ3) is 4.86. The summed E-state index contributed by atoms with van der Waals surface area (Å²) in [5.41, 5.74) is -0.299. The first-order chi connectivity index (χ1) is 11.4. The number of imidazole rings is 1. The molecule has 2 aromatic rings. The van der Waals surface area contributed by atoms with Crippen molar-refractivity contribution in [2.75, 3.05) is 19.6 Å². The monoisotopic (exact) mass is 333 g/mol. The van der Waals surface area contributed by atoms with E-state index in [-0.39, 0.29) is 6.54 Å². The maximum absolute atomic E-state index is 10.7. The number of rotatable bonds is 7. The third-order valence-electron chi connectivity index (χ3n) is 3.73. The van der Waals surface area contributed by atoms with Crippen LogP contribution in [0.4, 0.5) is 0 Å². The van der Waals surface area contributed by atoms with Crippen molar-refractivity contribution in [3.05, 3.63) is 41.9 Å². The lowest BCUT2D eigenvalue weighted by Gasteiger charge is -2.21. The predicted octanol–water partition coefficient (Wildman–Crippen LogP) is 1.56. The van der Waals surface area contributed by atoms with E-state index >= 15 is 0 Å². The van der Waals surface area contributed by atoms with E-state index in [1.54, 1.807) is 19.4 Å². The Morgan fingerprint density at radius 1 is 1.42 bits per heavy atom. The van der Waals surface area contributed by atoms with Gasteiger partial charge in [-0.05, 0) is 33.8 Å². The van der Waals surface area contributed by atoms with Crippen LogP contribution in [0, 0.1) is 13.8 Å². The predicted molar refractivity (Wildman–Crippen MR) is 94.0 cm³/mol. The molecule has 132 valence electrons. The Morgan fingerprint density at radius 2 is 2.21 bits per heavy atom. The van der Waals surface area contributed by atoms with E-state index in [4.69, 9.17) is 4.42 Å². The molecule has 2 rings (SSSR count). The first kappa shape index (κ1) is 18.1. The van der Waals surface area contributed by atoms with Crippen LogP contribution in [0.15, 0.2) is 34.2 Å². The molecule has 3 N–H and O–H groups in total. The summed E-state index contributed by atoms with van der Waals surface area (Å²) in [7, 11) is 0. The van der Waals surface area contributed by atoms with Crippen LogP contribution >= 0.6 is 0 Å². The van der Waals surface area contributed by atoms with Crippen molar-refractivity contribution < 1.29 is 9.52 Å². The van der Waals surface area contributed by atoms with Gasteiger partial charge in [-0.2, -0.15) is 0 Å². The highest BCUT2D eigenvalue weighted by molar-refractivity contribution is 5.79. The molecule has 1 atom stereocenters. The molecule has 2 heterocycles. The van der Waals surface area contributed by atoms with Crippen molar-refractivity contribution in [3.63, 3.8) is 0 Å². The fourth-order valence-electron chi connectivity index (χ4n) is 2.55. The maximum atomic E-state index is 10.7. The maximum Gasteiger partial charge on any atom is 0.191 e. The summed E-state index contributed by atoms with van der Waals surface area (Å²) in [4.78, 5) is 8.52. The summed E-state index contributed by atoms with van der Waals surface area (Å²) >= 11 is 0. The number of aryl methyl sites for hydroxylation is 2. The van der Waals surface area contributed by atoms with Crippen LogP contribution in [0.2, 0.25) is 0 Å². The first-order valence-corrected chi connectivity index (χ1v) is 8.20. The van der Waals surface area contributed by atoms with Crippen LogP contribution in [0.3, 0.4) is 0 Å². The van der Waals surface area contributed by atoms with E-state index in [1.807, 2.05) is 37.6 Å². The summed E-state index contributed by atoms with van der Waals surface area (Å²) in [6.07, 6.45) is 5.45. The van der Waals surface area contributed by atoms with Crippen LogP contribution in [0.5, 0.6) is 0 Å². The second-order valence-corrected chi connectivity index (χ2v) is 6.02. The minimum atomic E-state index is -1.07. The molecule has 0 aliphatic heterocycles. The Balaban J connectivity index is 1.97. The van der Waals surface area contributed by atoms with Gasteiger partial charge in [-0.3, -0.25) is 0 Å². The molecular weight excluding hydrogens is 306 g/mol. The lowest BCUT2D eigenvalue weighted by atomic mass is 9.96. The van der Waals surface area contributed by atoms with Gasteiger partial charge in [0.1, 0.15) is 17.1 Å². The smallest absolute Gasteiger partial charge is 0.191 e. The van der Waals surface area contributed by atoms with Crippen molar-refractivity contribution in [1.29, 1.82) is 0 Å². The minimum absolute atomic E-state index is 0.243. The van der Waals surface area contributed by atoms with Gasteiger partial charge in [0, 0.05) is 37.6 Å². The topological polar surface area (TPSA) is 87.6 Å². The number of aliphatic imine (C=N–C) groups is 1. The van der Waals surface area contributed by atoms with Crippen LogP contribution in [-0.4, -0.2) is 40.3 Å². The second kappa shape index (κ2) is 8.01. The van der Waals surface area contributed by atoms with E-state index in [2.05, 4.69) is 20.6 Å². The number of hydrogen-bond donors (Lipinski definition) is 3. The molecule has 0 spiro atoms. The molecule has 0 fully saturated rings. The number of nitrogens with zero attached hydrogens (tertiary/aromatic N) is 3. The molecule has 0 saturated heterocycles. The number of furan rings is 1. The van der Waals surface area contributed by atoms with Crippen molar-refractivity contribution >= 4 is 5.96 Å². The number of guanidine groups is 1. The third-order valence-corrected chi connectivity index (χ3v) is 3.73. The zero-order valence-electron chi connectivity index (χ0n) is 14.8. The van der Waals surface area contributed by atoms with E-state index in [0.717, 1.165) is 30.2 Å². The number of aromatic nitrogens is 2. The van der Waals surface area contributed by atoms with Gasteiger partial charge in [0.05, 0.1) is 12.9 Å². The molecule has 0 aromatic carbocycles. The Kier molecular flexibility index (Phi) is 6.03. The Morgan fingerprint density at radius 3 is 2.79 bits per heavy atom. The van der Waals surface area contributed by atoms with Crippen molar-refractivity contribution in [1.82, 2.24) is 20.2 Å². The minimum Gasteiger partial charge on any atom is -0.466 e. The molecule has 7 heteroatoms. The highest BCUT2D eigenvalue weighted by atomic mass is 16.3. The highest BCUT2D eigenvalue weighted by Crippen LogP contribution is 2.27. The van der Waals surface area contributed by atoms with Gasteiger partial charge in [-0.1, -0.05) is 0 Å². The summed E-state index contributed by atoms with van der Waals surface area (Å²) in [5, 5.41) is 17.2. The summed E-state index contributed by atoms with van der Waals surface area (Å²) < 4.78 is 7.50. The molecule has 7 nitrogen and oxygen atoms in total. The molecule has 0 aliphatic rings. The molecule has 0 aliphatic carbocycles. The highest BCUT2D eigenvalue weighted by Gasteiger charge is 2.27. The number of aliphatic hydroxyl groups is 1. The average molecular weight is 333 g/mol. The largest absolute Gasteiger partial charge is 0.466 e. The van der Waals surface area contributed by atoms with E-state index < -0.39 is 5.60 Å². The summed E-state index contributed by atoms with van der Waals surface area (Å²) in [6.45, 7) is 10.00. The molecular formula is C17H27N5O2. The Bertz CT molecular complexity index is 659. The molecule has 0 amide bonds. The van der Waals surface area contributed by atoms with Gasteiger partial charge in [0.25, 0.3) is 0 Å². The quantitative estimate of drug-likeness (QED) is 0.529. The number of hydrogen-bond acceptors (Lipinski definition) is 4. The Labute approximate surface area is 142 Å². The van der Waals surface area contributed by atoms with Gasteiger partial charge in [0.15, 0.2) is 5.96 Å². The fourth-order valence-corrected chi connectivity index (χ4v) is 2.55. The lowest BCUT2D eigenvalue weighted by Crippen LogP contribution is -2.40. The lowest BCUT2D eigenvalue weighted by molar-refractivity contribution is 0.0657. The van der Waals surface area contributed by atoms with Crippen LogP contribution in [0.1, 0.15) is 30.9 Å². The average Bonchev–Trinajstić information content (AvgIpc) is 3.14. The molecule has 0 bridgehead atoms. The SMILES string of the molecule is CCNC(=NCC(C)(O)c1cc(C)oc1C)NCCn1ccnc1. The van der Waals surface area contributed by atoms with Crippen LogP contribution < -0.4 is 10.6 Å². The fraction of sp³-hybridized carbons (Fsp3) is 0.529. The van der Waals surface area contributed by atoms with Crippen molar-refractivity contribution in [2.45, 2.75) is 39.8 Å². The molecule has 0 radical (unpaired) electrons. The Hall–Kier alpha value is -2.28. The first-order valence-electron chi connectivity index (χ1n) is 8.20. The van der Waals surface area contributed by atoms with Gasteiger partial charge < -0.3 is 24.7 Å². The normalized spacial score (nSPS) is 14.5. The van der Waals surface area contributed by atoms with Gasteiger partial charge >= 0.3 is 0 Å². The van der Waals surface area contributed by atoms with E-state index in [9.17, 15) is 5.11 Å². The van der Waals surface area contributed by atoms with E-state index in [1.165, 1.54) is 0 Å². The molecule has 0 saturated carbocycles. The van der Waals surface area contributed by atoms with Crippen molar-refractivity contribution in [3.8, 4) is 0 Å². The van der Waals surface area contributed by atoms with Gasteiger partial charge in [-0.25, -0.2) is 9.98 Å². The standard InChI is InChI=1S/C17H27N5O2/c1-5-19-16(20-7-9-22-8-6-18-12-22)21-11-17(4,23)15-10-13(2)24-14(15)3/h6,8,10,12,23H,5,7,9,11H2,1-4H3,(H2,19,20,21). The zero-order valence-corrected chi connectivity index (χ0v) is 14.8. The second-order valence-electron chi connectivity index (χ2n) is 6.02. The number of nitrogens with one attached hydrogen (secondary N) is 2. The summed E-state index contributed by atoms with van der Waals surface area (Å²) in [6, 6.07) is 1.87. The van der Waals surface area contributed by atoms with E-state index in [0.29, 0.717) is 12.5 Å². The molecule has 1 unspecified atom stereocenters. The summed E-state index contributed by atoms with van der Waals surface area (Å²) in [5.74, 6) is 2.19. The molecule has 2 aromatic heterocycles. The molecule has 24 heavy (non-hydrogen) atoms. The van der Waals surface area contributed by atoms with Gasteiger partial charge in [0.2, 0.25) is 0 Å². The van der Waals surface area contributed by atoms with Crippen LogP contribution in [0.25, 0.3) is 0 Å². The van der Waals surface area contributed by atoms with Crippen LogP contribution in [-0.2, 0) is 12.1 Å².